The fourth-order valence-electron chi connectivity index (χ4n) is 1.80. The third-order valence-electron chi connectivity index (χ3n) is 2.89. The molecule has 1 N–H and O–H groups in total. The highest BCUT2D eigenvalue weighted by Crippen LogP contribution is 2.28. The van der Waals surface area contributed by atoms with E-state index in [4.69, 9.17) is 0 Å². The Bertz CT molecular complexity index is 481. The van der Waals surface area contributed by atoms with Gasteiger partial charge in [0.25, 0.3) is 0 Å². The molecule has 0 fully saturated rings. The van der Waals surface area contributed by atoms with Gasteiger partial charge in [-0.05, 0) is 25.6 Å². The number of nitrogens with zero attached hydrogens (tertiary/aromatic N) is 2. The first-order valence-electron chi connectivity index (χ1n) is 6.20. The van der Waals surface area contributed by atoms with Gasteiger partial charge in [-0.25, -0.2) is 4.98 Å². The van der Waals surface area contributed by atoms with Crippen molar-refractivity contribution < 1.29 is 0 Å². The average molecular weight is 261 g/mol. The van der Waals surface area contributed by atoms with E-state index in [1.807, 2.05) is 18.2 Å². The maximum Gasteiger partial charge on any atom is 0.189 e. The maximum absolute atomic E-state index is 4.69. The number of nitrogens with one attached hydrogen (secondary N) is 1. The van der Waals surface area contributed by atoms with Gasteiger partial charge in [-0.2, -0.15) is 0 Å². The van der Waals surface area contributed by atoms with Gasteiger partial charge in [0.1, 0.15) is 0 Å². The van der Waals surface area contributed by atoms with Gasteiger partial charge in [0.15, 0.2) is 5.13 Å². The van der Waals surface area contributed by atoms with Crippen LogP contribution in [0, 0.1) is 0 Å². The van der Waals surface area contributed by atoms with Crippen LogP contribution in [0.1, 0.15) is 25.6 Å². The van der Waals surface area contributed by atoms with Crippen molar-refractivity contribution >= 4 is 22.2 Å². The molecule has 0 amide bonds. The number of benzene rings is 1. The van der Waals surface area contributed by atoms with Gasteiger partial charge in [-0.1, -0.05) is 25.1 Å². The highest BCUT2D eigenvalue weighted by atomic mass is 32.1. The van der Waals surface area contributed by atoms with Gasteiger partial charge in [0, 0.05) is 24.2 Å². The second-order valence-electron chi connectivity index (χ2n) is 4.23. The van der Waals surface area contributed by atoms with Gasteiger partial charge < -0.3 is 10.2 Å². The number of para-hydroxylation sites is 1. The van der Waals surface area contributed by atoms with Crippen LogP contribution in [0.25, 0.3) is 0 Å². The Morgan fingerprint density at radius 3 is 2.72 bits per heavy atom. The second-order valence-corrected chi connectivity index (χ2v) is 5.07. The number of aromatic nitrogens is 1. The van der Waals surface area contributed by atoms with E-state index in [9.17, 15) is 0 Å². The van der Waals surface area contributed by atoms with Crippen LogP contribution in [0.3, 0.4) is 0 Å². The molecule has 0 radical (unpaired) electrons. The summed E-state index contributed by atoms with van der Waals surface area (Å²) in [6.45, 7) is 5.22. The summed E-state index contributed by atoms with van der Waals surface area (Å²) in [6, 6.07) is 10.6. The molecular weight excluding hydrogens is 242 g/mol. The van der Waals surface area contributed by atoms with Gasteiger partial charge in [-0.15, -0.1) is 11.3 Å². The lowest BCUT2D eigenvalue weighted by molar-refractivity contribution is 0.586. The summed E-state index contributed by atoms with van der Waals surface area (Å²) in [5.41, 5.74) is 2.27. The minimum Gasteiger partial charge on any atom is -0.321 e. The zero-order valence-electron chi connectivity index (χ0n) is 11.1. The smallest absolute Gasteiger partial charge is 0.189 e. The fourth-order valence-corrected chi connectivity index (χ4v) is 2.71. The van der Waals surface area contributed by atoms with Gasteiger partial charge in [-0.3, -0.25) is 0 Å². The molecule has 0 aliphatic carbocycles. The van der Waals surface area contributed by atoms with E-state index in [2.05, 4.69) is 53.6 Å². The molecular formula is C14H19N3S. The first-order valence-corrected chi connectivity index (χ1v) is 7.08. The van der Waals surface area contributed by atoms with Crippen molar-refractivity contribution in [2.45, 2.75) is 19.9 Å². The molecule has 0 aliphatic rings. The molecule has 1 aromatic carbocycles. The van der Waals surface area contributed by atoms with Crippen molar-refractivity contribution in [3.05, 3.63) is 41.4 Å². The van der Waals surface area contributed by atoms with Gasteiger partial charge in [0.05, 0.1) is 5.69 Å². The summed E-state index contributed by atoms with van der Waals surface area (Å²) in [5, 5.41) is 6.54. The Labute approximate surface area is 112 Å². The molecule has 1 atom stereocenters. The third kappa shape index (κ3) is 2.89. The number of hydrogen-bond acceptors (Lipinski definition) is 4. The Hall–Kier alpha value is -1.39. The summed E-state index contributed by atoms with van der Waals surface area (Å²) >= 11 is 1.68. The fraction of sp³-hybridized carbons (Fsp3) is 0.357. The zero-order valence-corrected chi connectivity index (χ0v) is 11.9. The highest BCUT2D eigenvalue weighted by Gasteiger charge is 2.12. The number of rotatable bonds is 5. The molecule has 2 rings (SSSR count). The molecule has 2 aromatic rings. The summed E-state index contributed by atoms with van der Waals surface area (Å²) in [6.07, 6.45) is 0. The first kappa shape index (κ1) is 13.1. The van der Waals surface area contributed by atoms with Crippen molar-refractivity contribution in [3.63, 3.8) is 0 Å². The molecule has 18 heavy (non-hydrogen) atoms. The highest BCUT2D eigenvalue weighted by molar-refractivity contribution is 7.13. The molecule has 1 unspecified atom stereocenters. The predicted molar refractivity (Wildman–Crippen MR) is 78.7 cm³/mol. The van der Waals surface area contributed by atoms with Gasteiger partial charge in [0.2, 0.25) is 0 Å². The zero-order chi connectivity index (χ0) is 13.0. The summed E-state index contributed by atoms with van der Waals surface area (Å²) < 4.78 is 0. The topological polar surface area (TPSA) is 28.2 Å². The molecule has 0 bridgehead atoms. The van der Waals surface area contributed by atoms with Crippen LogP contribution in [-0.2, 0) is 0 Å². The lowest BCUT2D eigenvalue weighted by Crippen LogP contribution is -2.18. The van der Waals surface area contributed by atoms with Crippen molar-refractivity contribution in [2.75, 3.05) is 18.5 Å². The predicted octanol–water partition coefficient (Wildman–Crippen LogP) is 3.58. The standard InChI is InChI=1S/C14H19N3S/c1-4-15-11(2)13-10-18-14(16-13)17(3)12-8-6-5-7-9-12/h5-11,15H,4H2,1-3H3. The van der Waals surface area contributed by atoms with E-state index in [1.54, 1.807) is 11.3 Å². The quantitative estimate of drug-likeness (QED) is 0.891. The normalized spacial score (nSPS) is 12.4. The van der Waals surface area contributed by atoms with Crippen LogP contribution >= 0.6 is 11.3 Å². The van der Waals surface area contributed by atoms with Crippen molar-refractivity contribution in [1.29, 1.82) is 0 Å². The number of thiazole rings is 1. The van der Waals surface area contributed by atoms with Crippen LogP contribution < -0.4 is 10.2 Å². The Morgan fingerprint density at radius 2 is 2.06 bits per heavy atom. The minimum absolute atomic E-state index is 0.309. The summed E-state index contributed by atoms with van der Waals surface area (Å²) in [5.74, 6) is 0. The molecule has 96 valence electrons. The molecule has 0 saturated heterocycles. The van der Waals surface area contributed by atoms with E-state index in [0.29, 0.717) is 6.04 Å². The lowest BCUT2D eigenvalue weighted by Gasteiger charge is -2.15. The van der Waals surface area contributed by atoms with Gasteiger partial charge >= 0.3 is 0 Å². The average Bonchev–Trinajstić information content (AvgIpc) is 2.89. The molecule has 1 aromatic heterocycles. The lowest BCUT2D eigenvalue weighted by atomic mass is 10.2. The SMILES string of the molecule is CCNC(C)c1csc(N(C)c2ccccc2)n1. The molecule has 4 heteroatoms. The summed E-state index contributed by atoms with van der Waals surface area (Å²) in [4.78, 5) is 6.80. The third-order valence-corrected chi connectivity index (χ3v) is 3.83. The van der Waals surface area contributed by atoms with E-state index in [1.165, 1.54) is 0 Å². The van der Waals surface area contributed by atoms with Crippen molar-refractivity contribution in [1.82, 2.24) is 10.3 Å². The maximum atomic E-state index is 4.69. The first-order chi connectivity index (χ1) is 8.72. The molecule has 1 heterocycles. The number of hydrogen-bond donors (Lipinski definition) is 1. The molecule has 0 aliphatic heterocycles. The second kappa shape index (κ2) is 5.98. The molecule has 3 nitrogen and oxygen atoms in total. The van der Waals surface area contributed by atoms with Crippen molar-refractivity contribution in [3.8, 4) is 0 Å². The van der Waals surface area contributed by atoms with E-state index < -0.39 is 0 Å². The van der Waals surface area contributed by atoms with Crippen LogP contribution in [0.4, 0.5) is 10.8 Å². The Balaban J connectivity index is 2.15. The van der Waals surface area contributed by atoms with E-state index in [0.717, 1.165) is 23.1 Å². The Morgan fingerprint density at radius 1 is 1.33 bits per heavy atom. The Kier molecular flexibility index (Phi) is 4.33. The van der Waals surface area contributed by atoms with Crippen LogP contribution in [0.15, 0.2) is 35.7 Å². The summed E-state index contributed by atoms with van der Waals surface area (Å²) in [7, 11) is 2.05. The van der Waals surface area contributed by atoms with Crippen molar-refractivity contribution in [2.24, 2.45) is 0 Å². The largest absolute Gasteiger partial charge is 0.321 e. The minimum atomic E-state index is 0.309. The van der Waals surface area contributed by atoms with E-state index in [-0.39, 0.29) is 0 Å². The van der Waals surface area contributed by atoms with Crippen LogP contribution in [0.2, 0.25) is 0 Å². The van der Waals surface area contributed by atoms with E-state index >= 15 is 0 Å². The van der Waals surface area contributed by atoms with Crippen LogP contribution in [0.5, 0.6) is 0 Å². The molecule has 0 spiro atoms. The number of anilines is 2. The monoisotopic (exact) mass is 261 g/mol. The molecule has 0 saturated carbocycles. The van der Waals surface area contributed by atoms with Crippen LogP contribution in [-0.4, -0.2) is 18.6 Å².